The Morgan fingerprint density at radius 3 is 2.83 bits per heavy atom. The van der Waals surface area contributed by atoms with Gasteiger partial charge in [-0.15, -0.1) is 0 Å². The molecule has 18 heavy (non-hydrogen) atoms. The molecule has 1 fully saturated rings. The first-order valence-corrected chi connectivity index (χ1v) is 6.88. The average molecular weight is 312 g/mol. The fraction of sp³-hybridized carbons (Fsp3) is 0.462. The topological polar surface area (TPSA) is 49.6 Å². The Hall–Kier alpha value is -0.910. The molecular weight excluding hydrogens is 294 g/mol. The van der Waals surface area contributed by atoms with Gasteiger partial charge in [-0.1, -0.05) is 12.1 Å². The van der Waals surface area contributed by atoms with Gasteiger partial charge in [0, 0.05) is 17.1 Å². The molecule has 2 N–H and O–H groups in total. The Balaban J connectivity index is 2.22. The van der Waals surface area contributed by atoms with Gasteiger partial charge in [-0.2, -0.15) is 0 Å². The lowest BCUT2D eigenvalue weighted by Crippen LogP contribution is -2.55. The number of nitrogens with two attached hydrogens (primary N) is 1. The van der Waals surface area contributed by atoms with Gasteiger partial charge < -0.3 is 10.6 Å². The number of piperazine rings is 1. The van der Waals surface area contributed by atoms with E-state index in [-0.39, 0.29) is 5.91 Å². The summed E-state index contributed by atoms with van der Waals surface area (Å²) in [7, 11) is 1.98. The molecule has 1 aliphatic rings. The van der Waals surface area contributed by atoms with Crippen LogP contribution in [0.5, 0.6) is 0 Å². The van der Waals surface area contributed by atoms with Crippen molar-refractivity contribution in [3.05, 3.63) is 28.7 Å². The minimum atomic E-state index is 0.137. The Morgan fingerprint density at radius 1 is 1.44 bits per heavy atom. The lowest BCUT2D eigenvalue weighted by atomic mass is 10.1. The SMILES string of the molecule is CN1CC(=O)N(c2ccccc2Br)CC1CCN. The quantitative estimate of drug-likeness (QED) is 0.919. The predicted octanol–water partition coefficient (Wildman–Crippen LogP) is 1.44. The van der Waals surface area contributed by atoms with Gasteiger partial charge in [-0.3, -0.25) is 9.69 Å². The van der Waals surface area contributed by atoms with Crippen LogP contribution in [0.15, 0.2) is 28.7 Å². The summed E-state index contributed by atoms with van der Waals surface area (Å²) in [5.74, 6) is 0.137. The average Bonchev–Trinajstić information content (AvgIpc) is 2.34. The molecule has 1 aromatic rings. The molecule has 1 atom stereocenters. The van der Waals surface area contributed by atoms with Crippen LogP contribution in [0.1, 0.15) is 6.42 Å². The smallest absolute Gasteiger partial charge is 0.241 e. The lowest BCUT2D eigenvalue weighted by molar-refractivity contribution is -0.122. The van der Waals surface area contributed by atoms with Gasteiger partial charge in [0.25, 0.3) is 0 Å². The summed E-state index contributed by atoms with van der Waals surface area (Å²) >= 11 is 3.50. The Kier molecular flexibility index (Phi) is 4.37. The summed E-state index contributed by atoms with van der Waals surface area (Å²) in [6.45, 7) is 1.80. The number of benzene rings is 1. The van der Waals surface area contributed by atoms with Crippen LogP contribution in [-0.4, -0.2) is 43.5 Å². The van der Waals surface area contributed by atoms with Crippen molar-refractivity contribution in [2.75, 3.05) is 31.6 Å². The zero-order chi connectivity index (χ0) is 13.1. The molecule has 0 spiro atoms. The van der Waals surface area contributed by atoms with E-state index in [0.717, 1.165) is 16.6 Å². The number of halogens is 1. The first-order chi connectivity index (χ1) is 8.63. The zero-order valence-corrected chi connectivity index (χ0v) is 12.1. The van der Waals surface area contributed by atoms with E-state index in [1.54, 1.807) is 0 Å². The number of para-hydroxylation sites is 1. The number of amides is 1. The van der Waals surface area contributed by atoms with Gasteiger partial charge in [0.05, 0.1) is 12.2 Å². The highest BCUT2D eigenvalue weighted by Gasteiger charge is 2.30. The van der Waals surface area contributed by atoms with Crippen LogP contribution in [-0.2, 0) is 4.79 Å². The van der Waals surface area contributed by atoms with E-state index in [0.29, 0.717) is 25.7 Å². The number of anilines is 1. The molecule has 5 heteroatoms. The molecule has 0 bridgehead atoms. The molecule has 0 aliphatic carbocycles. The maximum Gasteiger partial charge on any atom is 0.241 e. The first kappa shape index (κ1) is 13.5. The molecule has 1 aliphatic heterocycles. The largest absolute Gasteiger partial charge is 0.330 e. The van der Waals surface area contributed by atoms with Crippen molar-refractivity contribution < 1.29 is 4.79 Å². The molecule has 1 unspecified atom stereocenters. The lowest BCUT2D eigenvalue weighted by Gasteiger charge is -2.39. The van der Waals surface area contributed by atoms with Crippen molar-refractivity contribution in [3.8, 4) is 0 Å². The maximum absolute atomic E-state index is 12.1. The van der Waals surface area contributed by atoms with E-state index in [9.17, 15) is 4.79 Å². The van der Waals surface area contributed by atoms with Crippen LogP contribution >= 0.6 is 15.9 Å². The first-order valence-electron chi connectivity index (χ1n) is 6.08. The van der Waals surface area contributed by atoms with Crippen LogP contribution in [0.2, 0.25) is 0 Å². The van der Waals surface area contributed by atoms with Gasteiger partial charge in [-0.25, -0.2) is 0 Å². The van der Waals surface area contributed by atoms with Crippen molar-refractivity contribution in [2.24, 2.45) is 5.73 Å². The van der Waals surface area contributed by atoms with E-state index in [1.807, 2.05) is 36.2 Å². The third-order valence-electron chi connectivity index (χ3n) is 3.35. The number of likely N-dealkylation sites (N-methyl/N-ethyl adjacent to an activating group) is 1. The van der Waals surface area contributed by atoms with Crippen molar-refractivity contribution in [3.63, 3.8) is 0 Å². The van der Waals surface area contributed by atoms with Crippen LogP contribution in [0.25, 0.3) is 0 Å². The summed E-state index contributed by atoms with van der Waals surface area (Å²) in [6, 6.07) is 8.15. The third kappa shape index (κ3) is 2.74. The highest BCUT2D eigenvalue weighted by Crippen LogP contribution is 2.28. The highest BCUT2D eigenvalue weighted by molar-refractivity contribution is 9.10. The molecular formula is C13H18BrN3O. The minimum absolute atomic E-state index is 0.137. The summed E-state index contributed by atoms with van der Waals surface area (Å²) in [5, 5.41) is 0. The van der Waals surface area contributed by atoms with E-state index in [2.05, 4.69) is 20.8 Å². The third-order valence-corrected chi connectivity index (χ3v) is 4.02. The number of rotatable bonds is 3. The van der Waals surface area contributed by atoms with Gasteiger partial charge in [0.15, 0.2) is 0 Å². The van der Waals surface area contributed by atoms with Gasteiger partial charge >= 0.3 is 0 Å². The molecule has 1 saturated heterocycles. The maximum atomic E-state index is 12.1. The molecule has 2 rings (SSSR count). The summed E-state index contributed by atoms with van der Waals surface area (Å²) in [4.78, 5) is 16.1. The fourth-order valence-electron chi connectivity index (χ4n) is 2.29. The molecule has 0 aromatic heterocycles. The second-order valence-electron chi connectivity index (χ2n) is 4.60. The zero-order valence-electron chi connectivity index (χ0n) is 10.5. The van der Waals surface area contributed by atoms with E-state index < -0.39 is 0 Å². The second-order valence-corrected chi connectivity index (χ2v) is 5.46. The van der Waals surface area contributed by atoms with Crippen LogP contribution < -0.4 is 10.6 Å². The fourth-order valence-corrected chi connectivity index (χ4v) is 2.79. The number of carbonyl (C=O) groups is 1. The number of carbonyl (C=O) groups excluding carboxylic acids is 1. The summed E-state index contributed by atoms with van der Waals surface area (Å²) < 4.78 is 0.953. The Bertz CT molecular complexity index is 438. The molecule has 0 radical (unpaired) electrons. The molecule has 1 heterocycles. The van der Waals surface area contributed by atoms with E-state index in [4.69, 9.17) is 5.73 Å². The molecule has 0 saturated carbocycles. The highest BCUT2D eigenvalue weighted by atomic mass is 79.9. The van der Waals surface area contributed by atoms with Crippen molar-refractivity contribution >= 4 is 27.5 Å². The van der Waals surface area contributed by atoms with Crippen molar-refractivity contribution in [2.45, 2.75) is 12.5 Å². The van der Waals surface area contributed by atoms with Crippen LogP contribution in [0.3, 0.4) is 0 Å². The molecule has 98 valence electrons. The monoisotopic (exact) mass is 311 g/mol. The van der Waals surface area contributed by atoms with Crippen LogP contribution in [0.4, 0.5) is 5.69 Å². The minimum Gasteiger partial charge on any atom is -0.330 e. The normalized spacial score (nSPS) is 21.4. The molecule has 1 amide bonds. The van der Waals surface area contributed by atoms with Gasteiger partial charge in [0.2, 0.25) is 5.91 Å². The second kappa shape index (κ2) is 5.82. The molecule has 1 aromatic carbocycles. The standard InChI is InChI=1S/C13H18BrN3O/c1-16-9-13(18)17(8-10(16)6-7-15)12-5-3-2-4-11(12)14/h2-5,10H,6-9,15H2,1H3. The van der Waals surface area contributed by atoms with Gasteiger partial charge in [0.1, 0.15) is 0 Å². The molecule has 4 nitrogen and oxygen atoms in total. The number of hydrogen-bond donors (Lipinski definition) is 1. The predicted molar refractivity (Wildman–Crippen MR) is 76.6 cm³/mol. The van der Waals surface area contributed by atoms with Crippen molar-refractivity contribution in [1.29, 1.82) is 0 Å². The Morgan fingerprint density at radius 2 is 2.17 bits per heavy atom. The Labute approximate surface area is 116 Å². The van der Waals surface area contributed by atoms with Crippen molar-refractivity contribution in [1.82, 2.24) is 4.90 Å². The summed E-state index contributed by atoms with van der Waals surface area (Å²) in [5.41, 5.74) is 6.57. The van der Waals surface area contributed by atoms with E-state index in [1.165, 1.54) is 0 Å². The number of hydrogen-bond acceptors (Lipinski definition) is 3. The summed E-state index contributed by atoms with van der Waals surface area (Å²) in [6.07, 6.45) is 0.907. The number of nitrogens with zero attached hydrogens (tertiary/aromatic N) is 2. The van der Waals surface area contributed by atoms with Crippen LogP contribution in [0, 0.1) is 0 Å². The van der Waals surface area contributed by atoms with E-state index >= 15 is 0 Å². The van der Waals surface area contributed by atoms with Gasteiger partial charge in [-0.05, 0) is 48.1 Å².